The van der Waals surface area contributed by atoms with Gasteiger partial charge in [0.05, 0.1) is 47.3 Å². The zero-order valence-corrected chi connectivity index (χ0v) is 32.5. The van der Waals surface area contributed by atoms with Gasteiger partial charge in [-0.15, -0.1) is 13.2 Å². The van der Waals surface area contributed by atoms with Gasteiger partial charge in [0, 0.05) is 24.8 Å². The summed E-state index contributed by atoms with van der Waals surface area (Å²) < 4.78 is 13.1. The van der Waals surface area contributed by atoms with E-state index in [0.717, 1.165) is 0 Å². The topological polar surface area (TPSA) is 117 Å². The Morgan fingerprint density at radius 1 is 1.13 bits per heavy atom. The van der Waals surface area contributed by atoms with Gasteiger partial charge in [-0.05, 0) is 43.4 Å². The number of likely N-dealkylation sites (N-methyl/N-ethyl adjacent to an activating group) is 1. The number of hydrogen-bond donors (Lipinski definition) is 1. The molecule has 280 valence electrons. The molecule has 10 nitrogen and oxygen atoms in total. The van der Waals surface area contributed by atoms with E-state index in [-0.39, 0.29) is 36.0 Å². The van der Waals surface area contributed by atoms with E-state index < -0.39 is 72.2 Å². The highest BCUT2D eigenvalue weighted by Crippen LogP contribution is 2.61. The van der Waals surface area contributed by atoms with Crippen LogP contribution in [0.2, 0.25) is 5.02 Å². The molecule has 2 bridgehead atoms. The molecule has 52 heavy (non-hydrogen) atoms. The molecule has 12 heteroatoms. The predicted molar refractivity (Wildman–Crippen MR) is 204 cm³/mol. The Balaban J connectivity index is 1.58. The Morgan fingerprint density at radius 3 is 2.42 bits per heavy atom. The second-order valence-electron chi connectivity index (χ2n) is 14.1. The molecule has 0 radical (unpaired) electrons. The number of aliphatic hydroxyl groups excluding tert-OH is 1. The molecule has 3 amide bonds. The second-order valence-corrected chi connectivity index (χ2v) is 15.7. The van der Waals surface area contributed by atoms with Crippen molar-refractivity contribution in [2.45, 2.75) is 87.2 Å². The number of hydrogen-bond acceptors (Lipinski definition) is 7. The van der Waals surface area contributed by atoms with Gasteiger partial charge in [-0.2, -0.15) is 0 Å². The molecule has 0 aliphatic carbocycles. The molecule has 3 aliphatic rings. The Bertz CT molecular complexity index is 1660. The van der Waals surface area contributed by atoms with Crippen LogP contribution in [0.5, 0.6) is 0 Å². The van der Waals surface area contributed by atoms with Crippen molar-refractivity contribution in [3.63, 3.8) is 0 Å². The summed E-state index contributed by atoms with van der Waals surface area (Å²) in [5.74, 6) is -4.01. The highest BCUT2D eigenvalue weighted by Gasteiger charge is 2.78. The van der Waals surface area contributed by atoms with Crippen molar-refractivity contribution in [3.8, 4) is 0 Å². The van der Waals surface area contributed by atoms with Crippen molar-refractivity contribution in [1.29, 1.82) is 0 Å². The van der Waals surface area contributed by atoms with Crippen LogP contribution >= 0.6 is 27.5 Å². The van der Waals surface area contributed by atoms with Gasteiger partial charge in [-0.1, -0.05) is 102 Å². The van der Waals surface area contributed by atoms with E-state index in [4.69, 9.17) is 21.1 Å². The van der Waals surface area contributed by atoms with Gasteiger partial charge in [-0.25, -0.2) is 0 Å². The first kappa shape index (κ1) is 39.7. The van der Waals surface area contributed by atoms with Gasteiger partial charge in [0.1, 0.15) is 17.7 Å². The minimum Gasteiger partial charge on any atom is -0.455 e. The molecule has 3 saturated heterocycles. The van der Waals surface area contributed by atoms with Crippen molar-refractivity contribution < 1.29 is 33.8 Å². The number of anilines is 1. The van der Waals surface area contributed by atoms with E-state index in [1.54, 1.807) is 48.4 Å². The highest BCUT2D eigenvalue weighted by atomic mass is 79.9. The van der Waals surface area contributed by atoms with Gasteiger partial charge in [0.2, 0.25) is 11.8 Å². The number of fused-ring (bicyclic) bond motifs is 1. The SMILES string of the molecule is C=CCCC(=O)N(C)[C@H](C)[C@H](OC(=O)[C@H]1[C@@H]2O[C@@]3(CC2Br)[C@@H]1C(=O)N([C@@H](CO)[C@@H](C)CC)[C@@H]3C(=O)N(CC=C)c1ccccc1Cl)c1ccccc1. The fourth-order valence-electron chi connectivity index (χ4n) is 8.17. The molecular formula is C40H49BrClN3O7. The quantitative estimate of drug-likeness (QED) is 0.124. The van der Waals surface area contributed by atoms with Crippen LogP contribution in [-0.4, -0.2) is 93.5 Å². The van der Waals surface area contributed by atoms with E-state index >= 15 is 4.79 Å². The zero-order chi connectivity index (χ0) is 37.9. The van der Waals surface area contributed by atoms with Crippen LogP contribution in [-0.2, 0) is 28.7 Å². The first-order valence-electron chi connectivity index (χ1n) is 17.9. The fourth-order valence-corrected chi connectivity index (χ4v) is 9.35. The summed E-state index contributed by atoms with van der Waals surface area (Å²) in [4.78, 5) is 61.8. The van der Waals surface area contributed by atoms with E-state index in [1.165, 1.54) is 9.80 Å². The molecule has 1 spiro atoms. The highest BCUT2D eigenvalue weighted by molar-refractivity contribution is 9.09. The van der Waals surface area contributed by atoms with E-state index in [1.807, 2.05) is 51.1 Å². The second kappa shape index (κ2) is 16.7. The van der Waals surface area contributed by atoms with Crippen LogP contribution in [0, 0.1) is 17.8 Å². The molecule has 3 fully saturated rings. The van der Waals surface area contributed by atoms with Crippen LogP contribution in [0.25, 0.3) is 0 Å². The van der Waals surface area contributed by atoms with Gasteiger partial charge in [0.15, 0.2) is 0 Å². The smallest absolute Gasteiger partial charge is 0.313 e. The summed E-state index contributed by atoms with van der Waals surface area (Å²) in [6.07, 6.45) is 3.28. The molecule has 0 aromatic heterocycles. The lowest BCUT2D eigenvalue weighted by molar-refractivity contribution is -0.165. The van der Waals surface area contributed by atoms with Crippen LogP contribution in [0.15, 0.2) is 79.9 Å². The largest absolute Gasteiger partial charge is 0.455 e. The van der Waals surface area contributed by atoms with Gasteiger partial charge < -0.3 is 29.3 Å². The fraction of sp³-hybridized carbons (Fsp3) is 0.500. The Morgan fingerprint density at radius 2 is 1.81 bits per heavy atom. The number of allylic oxidation sites excluding steroid dienone is 1. The van der Waals surface area contributed by atoms with E-state index in [2.05, 4.69) is 29.1 Å². The monoisotopic (exact) mass is 797 g/mol. The first-order valence-corrected chi connectivity index (χ1v) is 19.2. The Labute approximate surface area is 319 Å². The number of alkyl halides is 1. The van der Waals surface area contributed by atoms with Crippen molar-refractivity contribution in [2.75, 3.05) is 25.1 Å². The standard InChI is InChI=1S/C40H49BrClN3O7/c1-7-10-20-31(47)43(6)25(5)34(26-16-12-11-13-17-26)51-39(50)32-33-37(48)45(30(23-46)24(4)9-3)36(40(33)22-27(41)35(32)52-40)38(49)44(21-8-2)29-19-15-14-18-28(29)42/h7-8,11-19,24-25,27,30,32-36,46H,1-2,9-10,20-23H2,3-6H3/t24-,25+,27?,30-,32+,33-,34-,35+,36+,40-/m0/s1. The third-order valence-electron chi connectivity index (χ3n) is 11.2. The maximum absolute atomic E-state index is 15.0. The Hall–Kier alpha value is -3.51. The molecule has 0 saturated carbocycles. The van der Waals surface area contributed by atoms with Crippen molar-refractivity contribution in [2.24, 2.45) is 17.8 Å². The van der Waals surface area contributed by atoms with Crippen molar-refractivity contribution in [3.05, 3.63) is 90.5 Å². The summed E-state index contributed by atoms with van der Waals surface area (Å²) in [5.41, 5.74) is -0.287. The number of esters is 1. The van der Waals surface area contributed by atoms with Crippen LogP contribution in [0.4, 0.5) is 5.69 Å². The van der Waals surface area contributed by atoms with Gasteiger partial charge >= 0.3 is 5.97 Å². The lowest BCUT2D eigenvalue weighted by atomic mass is 9.70. The first-order chi connectivity index (χ1) is 24.9. The average molecular weight is 799 g/mol. The predicted octanol–water partition coefficient (Wildman–Crippen LogP) is 6.11. The van der Waals surface area contributed by atoms with E-state index in [9.17, 15) is 19.5 Å². The molecule has 1 N–H and O–H groups in total. The maximum Gasteiger partial charge on any atom is 0.313 e. The summed E-state index contributed by atoms with van der Waals surface area (Å²) in [6.45, 7) is 13.0. The number of nitrogens with zero attached hydrogens (tertiary/aromatic N) is 3. The number of likely N-dealkylation sites (tertiary alicyclic amines) is 1. The molecule has 5 rings (SSSR count). The number of benzene rings is 2. The Kier molecular flexibility index (Phi) is 12.7. The number of amides is 3. The number of carbonyl (C=O) groups excluding carboxylic acids is 4. The molecule has 2 aromatic rings. The van der Waals surface area contributed by atoms with Crippen LogP contribution < -0.4 is 4.90 Å². The third-order valence-corrected chi connectivity index (χ3v) is 12.3. The van der Waals surface area contributed by atoms with Crippen molar-refractivity contribution in [1.82, 2.24) is 9.80 Å². The number of halogens is 2. The molecule has 3 heterocycles. The molecule has 1 unspecified atom stereocenters. The number of carbonyl (C=O) groups is 4. The summed E-state index contributed by atoms with van der Waals surface area (Å²) in [6, 6.07) is 13.6. The molecule has 3 aliphatic heterocycles. The third kappa shape index (κ3) is 7.09. The van der Waals surface area contributed by atoms with Gasteiger partial charge in [-0.3, -0.25) is 19.2 Å². The number of para-hydroxylation sites is 1. The molecule has 2 aromatic carbocycles. The number of aliphatic hydroxyl groups is 1. The minimum atomic E-state index is -1.41. The van der Waals surface area contributed by atoms with Crippen LogP contribution in [0.3, 0.4) is 0 Å². The molecular weight excluding hydrogens is 750 g/mol. The lowest BCUT2D eigenvalue weighted by Gasteiger charge is -2.41. The average Bonchev–Trinajstić information content (AvgIpc) is 3.75. The summed E-state index contributed by atoms with van der Waals surface area (Å²) in [7, 11) is 1.68. The van der Waals surface area contributed by atoms with Crippen LogP contribution in [0.1, 0.15) is 58.1 Å². The zero-order valence-electron chi connectivity index (χ0n) is 30.2. The minimum absolute atomic E-state index is 0.0945. The number of ether oxygens (including phenoxy) is 2. The van der Waals surface area contributed by atoms with Gasteiger partial charge in [0.25, 0.3) is 5.91 Å². The lowest BCUT2D eigenvalue weighted by Crippen LogP contribution is -2.60. The van der Waals surface area contributed by atoms with E-state index in [0.29, 0.717) is 29.1 Å². The number of rotatable bonds is 16. The van der Waals surface area contributed by atoms with Crippen molar-refractivity contribution >= 4 is 56.9 Å². The molecule has 10 atom stereocenters. The normalized spacial score (nSPS) is 26.9. The summed E-state index contributed by atoms with van der Waals surface area (Å²) in [5, 5.41) is 11.1. The summed E-state index contributed by atoms with van der Waals surface area (Å²) >= 11 is 10.4. The maximum atomic E-state index is 15.0.